The molecule has 7 heteroatoms. The lowest BCUT2D eigenvalue weighted by Crippen LogP contribution is -2.36. The van der Waals surface area contributed by atoms with Crippen molar-refractivity contribution in [3.63, 3.8) is 0 Å². The van der Waals surface area contributed by atoms with Crippen molar-refractivity contribution in [3.05, 3.63) is 29.6 Å². The number of carbonyl (C=O) groups is 2. The highest BCUT2D eigenvalue weighted by molar-refractivity contribution is 7.98. The first-order valence-electron chi connectivity index (χ1n) is 5.32. The third-order valence-electron chi connectivity index (χ3n) is 2.09. The molecule has 0 fully saturated rings. The Labute approximate surface area is 109 Å². The Morgan fingerprint density at radius 3 is 2.89 bits per heavy atom. The van der Waals surface area contributed by atoms with Crippen LogP contribution in [0.3, 0.4) is 0 Å². The Hall–Kier alpha value is -1.76. The number of pyridine rings is 1. The molecule has 0 spiro atoms. The van der Waals surface area contributed by atoms with Crippen molar-refractivity contribution in [3.8, 4) is 0 Å². The highest BCUT2D eigenvalue weighted by Gasteiger charge is 2.05. The van der Waals surface area contributed by atoms with E-state index in [1.54, 1.807) is 11.8 Å². The normalized spacial score (nSPS) is 9.83. The Morgan fingerprint density at radius 2 is 2.22 bits per heavy atom. The largest absolute Gasteiger partial charge is 0.478 e. The molecule has 98 valence electrons. The number of nitrogens with one attached hydrogen (secondary N) is 2. The van der Waals surface area contributed by atoms with Gasteiger partial charge in [-0.3, -0.25) is 4.98 Å². The van der Waals surface area contributed by atoms with Crippen LogP contribution < -0.4 is 10.6 Å². The second-order valence-electron chi connectivity index (χ2n) is 3.44. The molecule has 0 bridgehead atoms. The first-order valence-corrected chi connectivity index (χ1v) is 6.71. The summed E-state index contributed by atoms with van der Waals surface area (Å²) in [5.74, 6) is -0.164. The van der Waals surface area contributed by atoms with Crippen molar-refractivity contribution < 1.29 is 14.7 Å². The van der Waals surface area contributed by atoms with Crippen LogP contribution in [0.5, 0.6) is 0 Å². The van der Waals surface area contributed by atoms with Crippen molar-refractivity contribution in [1.29, 1.82) is 0 Å². The molecule has 1 aromatic heterocycles. The molecule has 1 aromatic rings. The lowest BCUT2D eigenvalue weighted by molar-refractivity contribution is 0.0696. The van der Waals surface area contributed by atoms with Gasteiger partial charge >= 0.3 is 12.0 Å². The highest BCUT2D eigenvalue weighted by Crippen LogP contribution is 2.01. The topological polar surface area (TPSA) is 91.3 Å². The number of amides is 2. The summed E-state index contributed by atoms with van der Waals surface area (Å²) in [6, 6.07) is 2.56. The van der Waals surface area contributed by atoms with Crippen LogP contribution in [-0.2, 0) is 6.54 Å². The summed E-state index contributed by atoms with van der Waals surface area (Å²) in [5.41, 5.74) is 0.666. The quantitative estimate of drug-likeness (QED) is 0.669. The molecule has 0 radical (unpaired) electrons. The van der Waals surface area contributed by atoms with Gasteiger partial charge in [-0.25, -0.2) is 9.59 Å². The highest BCUT2D eigenvalue weighted by atomic mass is 32.2. The number of carboxylic acid groups (broad SMARTS) is 1. The molecular formula is C11H15N3O3S. The molecule has 0 aliphatic carbocycles. The Balaban J connectivity index is 2.41. The minimum absolute atomic E-state index is 0.157. The molecule has 6 nitrogen and oxygen atoms in total. The first kappa shape index (κ1) is 14.3. The number of rotatable bonds is 6. The fourth-order valence-corrected chi connectivity index (χ4v) is 1.51. The van der Waals surface area contributed by atoms with Gasteiger partial charge in [-0.1, -0.05) is 0 Å². The van der Waals surface area contributed by atoms with Crippen LogP contribution in [0.25, 0.3) is 0 Å². The number of aromatic nitrogens is 1. The number of carbonyl (C=O) groups excluding carboxylic acids is 1. The summed E-state index contributed by atoms with van der Waals surface area (Å²) in [6.07, 6.45) is 3.37. The number of aromatic carboxylic acids is 1. The van der Waals surface area contributed by atoms with E-state index in [1.165, 1.54) is 18.3 Å². The van der Waals surface area contributed by atoms with Gasteiger partial charge in [0.25, 0.3) is 0 Å². The Bertz CT molecular complexity index is 426. The molecule has 1 heterocycles. The molecule has 0 aliphatic heterocycles. The van der Waals surface area contributed by atoms with E-state index in [4.69, 9.17) is 5.11 Å². The third kappa shape index (κ3) is 5.05. The van der Waals surface area contributed by atoms with Gasteiger partial charge < -0.3 is 15.7 Å². The maximum atomic E-state index is 11.3. The zero-order chi connectivity index (χ0) is 13.4. The van der Waals surface area contributed by atoms with Crippen LogP contribution in [0.2, 0.25) is 0 Å². The summed E-state index contributed by atoms with van der Waals surface area (Å²) in [6.45, 7) is 0.793. The van der Waals surface area contributed by atoms with Gasteiger partial charge in [0.1, 0.15) is 0 Å². The van der Waals surface area contributed by atoms with Crippen LogP contribution in [0.4, 0.5) is 4.79 Å². The van der Waals surface area contributed by atoms with E-state index in [0.717, 1.165) is 5.75 Å². The van der Waals surface area contributed by atoms with E-state index in [2.05, 4.69) is 15.6 Å². The monoisotopic (exact) mass is 269 g/mol. The second-order valence-corrected chi connectivity index (χ2v) is 4.43. The molecule has 0 aliphatic rings. The minimum atomic E-state index is -1.01. The van der Waals surface area contributed by atoms with E-state index >= 15 is 0 Å². The SMILES string of the molecule is CSCCNC(=O)NCc1cc(C(=O)O)ccn1. The van der Waals surface area contributed by atoms with Crippen molar-refractivity contribution >= 4 is 23.8 Å². The Kier molecular flexibility index (Phi) is 5.99. The van der Waals surface area contributed by atoms with Gasteiger partial charge in [0.2, 0.25) is 0 Å². The summed E-state index contributed by atoms with van der Waals surface area (Å²) in [4.78, 5) is 26.1. The van der Waals surface area contributed by atoms with Crippen LogP contribution in [0.15, 0.2) is 18.3 Å². The fraction of sp³-hybridized carbons (Fsp3) is 0.364. The number of thioether (sulfide) groups is 1. The van der Waals surface area contributed by atoms with Crippen molar-refractivity contribution in [2.75, 3.05) is 18.6 Å². The summed E-state index contributed by atoms with van der Waals surface area (Å²) in [5, 5.41) is 14.1. The van der Waals surface area contributed by atoms with Crippen LogP contribution in [0.1, 0.15) is 16.1 Å². The molecule has 1 rings (SSSR count). The van der Waals surface area contributed by atoms with E-state index in [1.807, 2.05) is 6.26 Å². The molecular weight excluding hydrogens is 254 g/mol. The van der Waals surface area contributed by atoms with Crippen molar-refractivity contribution in [2.24, 2.45) is 0 Å². The lowest BCUT2D eigenvalue weighted by Gasteiger charge is -2.06. The van der Waals surface area contributed by atoms with Gasteiger partial charge in [0.05, 0.1) is 17.8 Å². The number of carboxylic acids is 1. The molecule has 3 N–H and O–H groups in total. The van der Waals surface area contributed by atoms with E-state index in [0.29, 0.717) is 12.2 Å². The zero-order valence-corrected chi connectivity index (χ0v) is 10.8. The van der Waals surface area contributed by atoms with E-state index in [9.17, 15) is 9.59 Å². The van der Waals surface area contributed by atoms with Crippen LogP contribution in [0, 0.1) is 0 Å². The standard InChI is InChI=1S/C11H15N3O3S/c1-18-5-4-13-11(17)14-7-9-6-8(10(15)16)2-3-12-9/h2-3,6H,4-5,7H2,1H3,(H,15,16)(H2,13,14,17). The molecule has 2 amide bonds. The number of hydrogen-bond acceptors (Lipinski definition) is 4. The van der Waals surface area contributed by atoms with Gasteiger partial charge in [0, 0.05) is 18.5 Å². The molecule has 0 aromatic carbocycles. The Morgan fingerprint density at radius 1 is 1.44 bits per heavy atom. The molecule has 18 heavy (non-hydrogen) atoms. The number of hydrogen-bond donors (Lipinski definition) is 3. The van der Waals surface area contributed by atoms with Crippen molar-refractivity contribution in [2.45, 2.75) is 6.54 Å². The van der Waals surface area contributed by atoms with Crippen molar-refractivity contribution in [1.82, 2.24) is 15.6 Å². The van der Waals surface area contributed by atoms with Crippen LogP contribution in [-0.4, -0.2) is 40.6 Å². The molecule has 0 unspecified atom stereocenters. The fourth-order valence-electron chi connectivity index (χ4n) is 1.21. The maximum absolute atomic E-state index is 11.3. The minimum Gasteiger partial charge on any atom is -0.478 e. The predicted octanol–water partition coefficient (Wildman–Crippen LogP) is 0.942. The molecule has 0 saturated heterocycles. The maximum Gasteiger partial charge on any atom is 0.335 e. The summed E-state index contributed by atoms with van der Waals surface area (Å²) >= 11 is 1.64. The lowest BCUT2D eigenvalue weighted by atomic mass is 10.2. The molecule has 0 atom stereocenters. The average molecular weight is 269 g/mol. The number of nitrogens with zero attached hydrogens (tertiary/aromatic N) is 1. The second kappa shape index (κ2) is 7.54. The van der Waals surface area contributed by atoms with Gasteiger partial charge in [-0.15, -0.1) is 0 Å². The van der Waals surface area contributed by atoms with Gasteiger partial charge in [-0.05, 0) is 18.4 Å². The first-order chi connectivity index (χ1) is 8.63. The predicted molar refractivity (Wildman–Crippen MR) is 69.8 cm³/mol. The number of urea groups is 1. The van der Waals surface area contributed by atoms with Gasteiger partial charge in [0.15, 0.2) is 0 Å². The smallest absolute Gasteiger partial charge is 0.335 e. The zero-order valence-electron chi connectivity index (χ0n) is 9.97. The van der Waals surface area contributed by atoms with E-state index in [-0.39, 0.29) is 18.1 Å². The summed E-state index contributed by atoms with van der Waals surface area (Å²) < 4.78 is 0. The van der Waals surface area contributed by atoms with E-state index < -0.39 is 5.97 Å². The third-order valence-corrected chi connectivity index (χ3v) is 2.70. The average Bonchev–Trinajstić information content (AvgIpc) is 2.37. The van der Waals surface area contributed by atoms with Crippen LogP contribution >= 0.6 is 11.8 Å². The van der Waals surface area contributed by atoms with Gasteiger partial charge in [-0.2, -0.15) is 11.8 Å². The molecule has 0 saturated carbocycles. The summed E-state index contributed by atoms with van der Waals surface area (Å²) in [7, 11) is 0.